The zero-order valence-corrected chi connectivity index (χ0v) is 7.98. The van der Waals surface area contributed by atoms with Crippen LogP contribution in [0.3, 0.4) is 0 Å². The lowest BCUT2D eigenvalue weighted by Gasteiger charge is -2.00. The highest BCUT2D eigenvalue weighted by molar-refractivity contribution is 6.29. The van der Waals surface area contributed by atoms with Crippen LogP contribution >= 0.6 is 11.6 Å². The maximum Gasteiger partial charge on any atom is 0.181 e. The summed E-state index contributed by atoms with van der Waals surface area (Å²) in [6.07, 6.45) is 2.86. The van der Waals surface area contributed by atoms with E-state index in [2.05, 4.69) is 4.98 Å². The van der Waals surface area contributed by atoms with Crippen molar-refractivity contribution in [1.82, 2.24) is 4.98 Å². The van der Waals surface area contributed by atoms with Gasteiger partial charge in [0.2, 0.25) is 0 Å². The largest absolute Gasteiger partial charge is 0.619 e. The zero-order chi connectivity index (χ0) is 9.97. The van der Waals surface area contributed by atoms with E-state index in [0.29, 0.717) is 5.15 Å². The average Bonchev–Trinajstić information content (AvgIpc) is 2.19. The van der Waals surface area contributed by atoms with Gasteiger partial charge in [-0.3, -0.25) is 0 Å². The maximum absolute atomic E-state index is 10.8. The standard InChI is InChI=1S/C10H7ClN2O/c11-10-3-1-2-9(12-10)8-4-6-13(14)7-5-8/h1-7H. The van der Waals surface area contributed by atoms with Crippen LogP contribution in [0.1, 0.15) is 0 Å². The normalized spacial score (nSPS) is 10.1. The lowest BCUT2D eigenvalue weighted by Crippen LogP contribution is -2.23. The molecule has 0 amide bonds. The van der Waals surface area contributed by atoms with Crippen LogP contribution in [0.25, 0.3) is 11.3 Å². The van der Waals surface area contributed by atoms with Gasteiger partial charge < -0.3 is 5.21 Å². The fourth-order valence-electron chi connectivity index (χ4n) is 1.15. The van der Waals surface area contributed by atoms with Crippen molar-refractivity contribution >= 4 is 11.6 Å². The predicted molar refractivity (Wildman–Crippen MR) is 53.6 cm³/mol. The van der Waals surface area contributed by atoms with Crippen molar-refractivity contribution < 1.29 is 4.73 Å². The molecule has 0 unspecified atom stereocenters. The number of rotatable bonds is 1. The molecule has 70 valence electrons. The smallest absolute Gasteiger partial charge is 0.181 e. The zero-order valence-electron chi connectivity index (χ0n) is 7.22. The maximum atomic E-state index is 10.8. The first kappa shape index (κ1) is 8.97. The molecule has 2 aromatic rings. The molecule has 0 atom stereocenters. The Labute approximate surface area is 86.2 Å². The monoisotopic (exact) mass is 206 g/mol. The summed E-state index contributed by atoms with van der Waals surface area (Å²) in [5.74, 6) is 0. The Morgan fingerprint density at radius 3 is 2.50 bits per heavy atom. The average molecular weight is 207 g/mol. The SMILES string of the molecule is [O-][n+]1ccc(-c2cccc(Cl)n2)cc1. The van der Waals surface area contributed by atoms with Crippen molar-refractivity contribution in [3.05, 3.63) is 53.1 Å². The van der Waals surface area contributed by atoms with Gasteiger partial charge in [-0.25, -0.2) is 4.98 Å². The molecule has 3 nitrogen and oxygen atoms in total. The number of hydrogen-bond donors (Lipinski definition) is 0. The third-order valence-corrected chi connectivity index (χ3v) is 2.02. The molecule has 0 aliphatic carbocycles. The van der Waals surface area contributed by atoms with E-state index >= 15 is 0 Å². The molecule has 0 radical (unpaired) electrons. The van der Waals surface area contributed by atoms with Gasteiger partial charge in [0.15, 0.2) is 12.4 Å². The van der Waals surface area contributed by atoms with Gasteiger partial charge in [-0.15, -0.1) is 0 Å². The van der Waals surface area contributed by atoms with E-state index < -0.39 is 0 Å². The highest BCUT2D eigenvalue weighted by atomic mass is 35.5. The van der Waals surface area contributed by atoms with Gasteiger partial charge in [0.25, 0.3) is 0 Å². The Hall–Kier alpha value is -1.61. The summed E-state index contributed by atoms with van der Waals surface area (Å²) >= 11 is 5.75. The van der Waals surface area contributed by atoms with Gasteiger partial charge in [0.1, 0.15) is 5.15 Å². The third-order valence-electron chi connectivity index (χ3n) is 1.81. The van der Waals surface area contributed by atoms with Crippen LogP contribution in [0.5, 0.6) is 0 Å². The summed E-state index contributed by atoms with van der Waals surface area (Å²) in [4.78, 5) is 4.13. The molecular weight excluding hydrogens is 200 g/mol. The Morgan fingerprint density at radius 1 is 1.14 bits per heavy atom. The highest BCUT2D eigenvalue weighted by Crippen LogP contribution is 2.16. The molecule has 0 aromatic carbocycles. The van der Waals surface area contributed by atoms with Crippen LogP contribution in [0, 0.1) is 5.21 Å². The second kappa shape index (κ2) is 3.64. The topological polar surface area (TPSA) is 39.8 Å². The van der Waals surface area contributed by atoms with Crippen molar-refractivity contribution in [2.75, 3.05) is 0 Å². The van der Waals surface area contributed by atoms with Crippen molar-refractivity contribution in [2.24, 2.45) is 0 Å². The van der Waals surface area contributed by atoms with Crippen molar-refractivity contribution in [3.8, 4) is 11.3 Å². The van der Waals surface area contributed by atoms with E-state index in [1.54, 1.807) is 18.2 Å². The van der Waals surface area contributed by atoms with E-state index in [0.717, 1.165) is 16.0 Å². The lowest BCUT2D eigenvalue weighted by molar-refractivity contribution is -0.605. The van der Waals surface area contributed by atoms with E-state index in [4.69, 9.17) is 11.6 Å². The molecule has 0 aliphatic heterocycles. The number of pyridine rings is 2. The van der Waals surface area contributed by atoms with Crippen molar-refractivity contribution in [3.63, 3.8) is 0 Å². The number of aromatic nitrogens is 2. The van der Waals surface area contributed by atoms with Crippen LogP contribution in [-0.2, 0) is 0 Å². The van der Waals surface area contributed by atoms with Gasteiger partial charge in [-0.05, 0) is 12.1 Å². The summed E-state index contributed by atoms with van der Waals surface area (Å²) in [6, 6.07) is 8.78. The summed E-state index contributed by atoms with van der Waals surface area (Å²) < 4.78 is 0.730. The molecule has 14 heavy (non-hydrogen) atoms. The fraction of sp³-hybridized carbons (Fsp3) is 0. The Bertz CT molecular complexity index is 442. The van der Waals surface area contributed by atoms with Gasteiger partial charge in [-0.1, -0.05) is 17.7 Å². The molecule has 0 saturated heterocycles. The van der Waals surface area contributed by atoms with E-state index in [-0.39, 0.29) is 0 Å². The van der Waals surface area contributed by atoms with Crippen LogP contribution in [0.4, 0.5) is 0 Å². The molecule has 0 spiro atoms. The molecular formula is C10H7ClN2O. The molecule has 0 saturated carbocycles. The number of nitrogens with zero attached hydrogens (tertiary/aromatic N) is 2. The molecule has 2 rings (SSSR count). The quantitative estimate of drug-likeness (QED) is 0.407. The second-order valence-electron chi connectivity index (χ2n) is 2.79. The van der Waals surface area contributed by atoms with Crippen LogP contribution in [0.2, 0.25) is 5.15 Å². The van der Waals surface area contributed by atoms with E-state index in [9.17, 15) is 5.21 Å². The number of hydrogen-bond acceptors (Lipinski definition) is 2. The van der Waals surface area contributed by atoms with Crippen LogP contribution < -0.4 is 4.73 Å². The minimum atomic E-state index is 0.446. The molecule has 0 bridgehead atoms. The molecule has 2 aromatic heterocycles. The first-order valence-corrected chi connectivity index (χ1v) is 4.45. The summed E-state index contributed by atoms with van der Waals surface area (Å²) in [5, 5.41) is 11.2. The predicted octanol–water partition coefficient (Wildman–Crippen LogP) is 2.04. The Balaban J connectivity index is 2.44. The molecule has 4 heteroatoms. The van der Waals surface area contributed by atoms with Crippen LogP contribution in [-0.4, -0.2) is 4.98 Å². The summed E-state index contributed by atoms with van der Waals surface area (Å²) in [7, 11) is 0. The summed E-state index contributed by atoms with van der Waals surface area (Å²) in [5.41, 5.74) is 1.64. The molecule has 0 aliphatic rings. The van der Waals surface area contributed by atoms with Gasteiger partial charge in [0.05, 0.1) is 5.69 Å². The van der Waals surface area contributed by atoms with Crippen LogP contribution in [0.15, 0.2) is 42.7 Å². The Kier molecular flexibility index (Phi) is 2.33. The molecule has 0 fully saturated rings. The minimum absolute atomic E-state index is 0.446. The van der Waals surface area contributed by atoms with E-state index in [1.807, 2.05) is 12.1 Å². The molecule has 2 heterocycles. The van der Waals surface area contributed by atoms with Gasteiger partial charge in [0, 0.05) is 17.7 Å². The van der Waals surface area contributed by atoms with Gasteiger partial charge >= 0.3 is 0 Å². The molecule has 0 N–H and O–H groups in total. The first-order chi connectivity index (χ1) is 6.75. The minimum Gasteiger partial charge on any atom is -0.619 e. The van der Waals surface area contributed by atoms with Gasteiger partial charge in [-0.2, -0.15) is 4.73 Å². The van der Waals surface area contributed by atoms with E-state index in [1.165, 1.54) is 12.4 Å². The Morgan fingerprint density at radius 2 is 1.86 bits per heavy atom. The first-order valence-electron chi connectivity index (χ1n) is 4.07. The van der Waals surface area contributed by atoms with Crippen molar-refractivity contribution in [1.29, 1.82) is 0 Å². The van der Waals surface area contributed by atoms with Crippen molar-refractivity contribution in [2.45, 2.75) is 0 Å². The third kappa shape index (κ3) is 1.83. The lowest BCUT2D eigenvalue weighted by atomic mass is 10.2. The second-order valence-corrected chi connectivity index (χ2v) is 3.18. The summed E-state index contributed by atoms with van der Waals surface area (Å²) in [6.45, 7) is 0. The number of halogens is 1. The fourth-order valence-corrected chi connectivity index (χ4v) is 1.32. The highest BCUT2D eigenvalue weighted by Gasteiger charge is 2.00.